The molecule has 2 aromatic carbocycles. The molecule has 0 bridgehead atoms. The normalized spacial score (nSPS) is 13.7. The first-order valence-corrected chi connectivity index (χ1v) is 9.41. The molecule has 1 fully saturated rings. The minimum absolute atomic E-state index is 0.0649. The van der Waals surface area contributed by atoms with E-state index >= 15 is 0 Å². The molecule has 0 saturated carbocycles. The van der Waals surface area contributed by atoms with Crippen LogP contribution in [0, 0.1) is 10.1 Å². The average molecular weight is 395 g/mol. The summed E-state index contributed by atoms with van der Waals surface area (Å²) in [6.07, 6.45) is 1.11. The molecule has 1 aliphatic rings. The maximum atomic E-state index is 11.9. The van der Waals surface area contributed by atoms with E-state index in [1.807, 2.05) is 31.3 Å². The summed E-state index contributed by atoms with van der Waals surface area (Å²) in [5, 5.41) is 14.4. The van der Waals surface area contributed by atoms with Gasteiger partial charge in [0, 0.05) is 32.1 Å². The summed E-state index contributed by atoms with van der Waals surface area (Å²) in [5.41, 5.74) is 3.14. The number of amides is 1. The first kappa shape index (κ1) is 18.7. The quantitative estimate of drug-likeness (QED) is 0.373. The molecule has 0 aliphatic carbocycles. The minimum atomic E-state index is -0.492. The number of rotatable bonds is 7. The average Bonchev–Trinajstić information content (AvgIpc) is 3.28. The van der Waals surface area contributed by atoms with Gasteiger partial charge in [-0.1, -0.05) is 12.1 Å². The Morgan fingerprint density at radius 3 is 2.83 bits per heavy atom. The summed E-state index contributed by atoms with van der Waals surface area (Å²) < 4.78 is 7.07. The molecule has 1 aromatic heterocycles. The SMILES string of the molecule is Cn1c(CCCNc2ccc([N+](=O)[O-])cc2N2CCOC2=O)nc2ccccc21. The highest BCUT2D eigenvalue weighted by molar-refractivity contribution is 5.94. The lowest BCUT2D eigenvalue weighted by Crippen LogP contribution is -2.24. The van der Waals surface area contributed by atoms with Gasteiger partial charge < -0.3 is 14.6 Å². The smallest absolute Gasteiger partial charge is 0.414 e. The Morgan fingerprint density at radius 1 is 1.28 bits per heavy atom. The number of nitrogens with zero attached hydrogens (tertiary/aromatic N) is 4. The Morgan fingerprint density at radius 2 is 2.10 bits per heavy atom. The number of benzene rings is 2. The van der Waals surface area contributed by atoms with E-state index < -0.39 is 11.0 Å². The highest BCUT2D eigenvalue weighted by Gasteiger charge is 2.27. The number of nitro groups is 1. The standard InChI is InChI=1S/C20H21N5O4/c1-23-17-6-3-2-5-16(17)22-19(23)7-4-10-21-15-9-8-14(25(27)28)13-18(15)24-11-12-29-20(24)26/h2-3,5-6,8-9,13,21H,4,7,10-12H2,1H3. The molecule has 3 aromatic rings. The molecule has 9 nitrogen and oxygen atoms in total. The number of anilines is 2. The third kappa shape index (κ3) is 3.71. The van der Waals surface area contributed by atoms with E-state index in [0.29, 0.717) is 24.5 Å². The molecule has 4 rings (SSSR count). The number of para-hydroxylation sites is 2. The number of non-ortho nitro benzene ring substituents is 1. The minimum Gasteiger partial charge on any atom is -0.447 e. The third-order valence-corrected chi connectivity index (χ3v) is 5.02. The number of ether oxygens (including phenoxy) is 1. The zero-order chi connectivity index (χ0) is 20.4. The summed E-state index contributed by atoms with van der Waals surface area (Å²) in [7, 11) is 2.01. The van der Waals surface area contributed by atoms with Crippen molar-refractivity contribution in [2.75, 3.05) is 29.9 Å². The fourth-order valence-electron chi connectivity index (χ4n) is 3.51. The number of aromatic nitrogens is 2. The van der Waals surface area contributed by atoms with Crippen molar-refractivity contribution in [2.24, 2.45) is 7.05 Å². The molecule has 1 amide bonds. The first-order valence-electron chi connectivity index (χ1n) is 9.41. The number of aryl methyl sites for hydroxylation is 2. The van der Waals surface area contributed by atoms with E-state index in [4.69, 9.17) is 4.74 Å². The van der Waals surface area contributed by atoms with Gasteiger partial charge in [-0.15, -0.1) is 0 Å². The molecule has 1 N–H and O–H groups in total. The lowest BCUT2D eigenvalue weighted by Gasteiger charge is -2.18. The van der Waals surface area contributed by atoms with E-state index in [9.17, 15) is 14.9 Å². The Kier molecular flexibility index (Phi) is 5.03. The molecule has 0 spiro atoms. The maximum absolute atomic E-state index is 11.9. The van der Waals surface area contributed by atoms with Crippen molar-refractivity contribution in [3.05, 3.63) is 58.4 Å². The maximum Gasteiger partial charge on any atom is 0.414 e. The van der Waals surface area contributed by atoms with Gasteiger partial charge in [-0.25, -0.2) is 9.78 Å². The predicted octanol–water partition coefficient (Wildman–Crippen LogP) is 3.48. The Bertz CT molecular complexity index is 1080. The largest absolute Gasteiger partial charge is 0.447 e. The molecular weight excluding hydrogens is 374 g/mol. The number of nitro benzene ring substituents is 1. The second kappa shape index (κ2) is 7.78. The summed E-state index contributed by atoms with van der Waals surface area (Å²) in [5.74, 6) is 1.00. The van der Waals surface area contributed by atoms with Gasteiger partial charge in [0.2, 0.25) is 0 Å². The summed E-state index contributed by atoms with van der Waals surface area (Å²) in [6, 6.07) is 12.5. The predicted molar refractivity (Wildman–Crippen MR) is 109 cm³/mol. The van der Waals surface area contributed by atoms with Gasteiger partial charge in [0.15, 0.2) is 0 Å². The van der Waals surface area contributed by atoms with E-state index in [-0.39, 0.29) is 12.3 Å². The van der Waals surface area contributed by atoms with Crippen LogP contribution in [0.25, 0.3) is 11.0 Å². The first-order chi connectivity index (χ1) is 14.0. The van der Waals surface area contributed by atoms with Gasteiger partial charge >= 0.3 is 6.09 Å². The lowest BCUT2D eigenvalue weighted by molar-refractivity contribution is -0.384. The second-order valence-electron chi connectivity index (χ2n) is 6.83. The lowest BCUT2D eigenvalue weighted by atomic mass is 10.2. The molecule has 0 radical (unpaired) electrons. The summed E-state index contributed by atoms with van der Waals surface area (Å²) in [6.45, 7) is 1.28. The Balaban J connectivity index is 1.45. The van der Waals surface area contributed by atoms with E-state index in [0.717, 1.165) is 29.7 Å². The molecule has 2 heterocycles. The fraction of sp³-hybridized carbons (Fsp3) is 0.300. The van der Waals surface area contributed by atoms with Crippen LogP contribution in [-0.4, -0.2) is 40.3 Å². The third-order valence-electron chi connectivity index (χ3n) is 5.02. The van der Waals surface area contributed by atoms with Crippen LogP contribution >= 0.6 is 0 Å². The number of hydrogen-bond acceptors (Lipinski definition) is 6. The molecule has 150 valence electrons. The van der Waals surface area contributed by atoms with Crippen molar-refractivity contribution in [3.8, 4) is 0 Å². The van der Waals surface area contributed by atoms with Crippen LogP contribution in [0.5, 0.6) is 0 Å². The number of fused-ring (bicyclic) bond motifs is 1. The van der Waals surface area contributed by atoms with Crippen LogP contribution in [0.1, 0.15) is 12.2 Å². The molecule has 0 unspecified atom stereocenters. The second-order valence-corrected chi connectivity index (χ2v) is 6.83. The molecule has 0 atom stereocenters. The zero-order valence-corrected chi connectivity index (χ0v) is 16.0. The Hall–Kier alpha value is -3.62. The van der Waals surface area contributed by atoms with Crippen molar-refractivity contribution in [1.82, 2.24) is 9.55 Å². The van der Waals surface area contributed by atoms with Crippen molar-refractivity contribution in [2.45, 2.75) is 12.8 Å². The zero-order valence-electron chi connectivity index (χ0n) is 16.0. The topological polar surface area (TPSA) is 103 Å². The van der Waals surface area contributed by atoms with E-state index in [2.05, 4.69) is 14.9 Å². The van der Waals surface area contributed by atoms with Crippen molar-refractivity contribution >= 4 is 34.2 Å². The van der Waals surface area contributed by atoms with Gasteiger partial charge in [0.25, 0.3) is 5.69 Å². The van der Waals surface area contributed by atoms with Crippen LogP contribution in [-0.2, 0) is 18.2 Å². The molecule has 9 heteroatoms. The molecule has 1 aliphatic heterocycles. The number of carbonyl (C=O) groups excluding carboxylic acids is 1. The number of imidazole rings is 1. The van der Waals surface area contributed by atoms with Crippen LogP contribution < -0.4 is 10.2 Å². The van der Waals surface area contributed by atoms with Gasteiger partial charge in [-0.3, -0.25) is 15.0 Å². The van der Waals surface area contributed by atoms with E-state index in [1.165, 1.54) is 17.0 Å². The highest BCUT2D eigenvalue weighted by Crippen LogP contribution is 2.32. The molecule has 29 heavy (non-hydrogen) atoms. The van der Waals surface area contributed by atoms with Crippen LogP contribution in [0.4, 0.5) is 21.9 Å². The molecular formula is C20H21N5O4. The number of carbonyl (C=O) groups is 1. The molecule has 1 saturated heterocycles. The number of hydrogen-bond donors (Lipinski definition) is 1. The van der Waals surface area contributed by atoms with Crippen molar-refractivity contribution in [1.29, 1.82) is 0 Å². The van der Waals surface area contributed by atoms with Crippen LogP contribution in [0.15, 0.2) is 42.5 Å². The van der Waals surface area contributed by atoms with Gasteiger partial charge in [-0.05, 0) is 24.6 Å². The van der Waals surface area contributed by atoms with Crippen LogP contribution in [0.3, 0.4) is 0 Å². The highest BCUT2D eigenvalue weighted by atomic mass is 16.6. The summed E-state index contributed by atoms with van der Waals surface area (Å²) >= 11 is 0. The monoisotopic (exact) mass is 395 g/mol. The van der Waals surface area contributed by atoms with Crippen molar-refractivity contribution < 1.29 is 14.5 Å². The van der Waals surface area contributed by atoms with Crippen molar-refractivity contribution in [3.63, 3.8) is 0 Å². The van der Waals surface area contributed by atoms with Crippen LogP contribution in [0.2, 0.25) is 0 Å². The van der Waals surface area contributed by atoms with Gasteiger partial charge in [-0.2, -0.15) is 0 Å². The summed E-state index contributed by atoms with van der Waals surface area (Å²) in [4.78, 5) is 28.7. The van der Waals surface area contributed by atoms with Gasteiger partial charge in [0.1, 0.15) is 12.4 Å². The number of nitrogens with one attached hydrogen (secondary N) is 1. The van der Waals surface area contributed by atoms with E-state index in [1.54, 1.807) is 6.07 Å². The Labute approximate surface area is 167 Å². The number of cyclic esters (lactones) is 1. The fourth-order valence-corrected chi connectivity index (χ4v) is 3.51. The van der Waals surface area contributed by atoms with Gasteiger partial charge in [0.05, 0.1) is 33.9 Å².